The van der Waals surface area contributed by atoms with Gasteiger partial charge in [-0.1, -0.05) is 12.1 Å². The highest BCUT2D eigenvalue weighted by molar-refractivity contribution is 5.88. The maximum atomic E-state index is 11.1. The van der Waals surface area contributed by atoms with E-state index in [9.17, 15) is 4.79 Å². The molecule has 0 aliphatic heterocycles. The molecule has 2 N–H and O–H groups in total. The number of nitrogens with one attached hydrogen (secondary N) is 2. The molecule has 1 aromatic heterocycles. The fourth-order valence-corrected chi connectivity index (χ4v) is 2.04. The first-order valence-electron chi connectivity index (χ1n) is 6.70. The van der Waals surface area contributed by atoms with Crippen LogP contribution in [-0.2, 0) is 11.3 Å². The highest BCUT2D eigenvalue weighted by atomic mass is 16.3. The molecule has 0 aliphatic rings. The lowest BCUT2D eigenvalue weighted by Crippen LogP contribution is -2.18. The monoisotopic (exact) mass is 272 g/mol. The summed E-state index contributed by atoms with van der Waals surface area (Å²) in [6.45, 7) is 6.31. The molecule has 1 unspecified atom stereocenters. The predicted molar refractivity (Wildman–Crippen MR) is 79.4 cm³/mol. The molecule has 1 atom stereocenters. The molecule has 4 nitrogen and oxygen atoms in total. The predicted octanol–water partition coefficient (Wildman–Crippen LogP) is 3.40. The average molecular weight is 272 g/mol. The summed E-state index contributed by atoms with van der Waals surface area (Å²) in [5, 5.41) is 6.21. The minimum atomic E-state index is -0.0611. The van der Waals surface area contributed by atoms with Crippen molar-refractivity contribution >= 4 is 11.6 Å². The summed E-state index contributed by atoms with van der Waals surface area (Å²) in [5.41, 5.74) is 3.09. The van der Waals surface area contributed by atoms with Crippen molar-refractivity contribution in [1.82, 2.24) is 5.32 Å². The second-order valence-corrected chi connectivity index (χ2v) is 4.94. The van der Waals surface area contributed by atoms with Gasteiger partial charge in [0.05, 0.1) is 12.8 Å². The van der Waals surface area contributed by atoms with Crippen LogP contribution in [0.3, 0.4) is 0 Å². The Morgan fingerprint density at radius 3 is 2.80 bits per heavy atom. The highest BCUT2D eigenvalue weighted by Crippen LogP contribution is 2.18. The van der Waals surface area contributed by atoms with Gasteiger partial charge in [-0.2, -0.15) is 0 Å². The number of furan rings is 1. The number of carbonyl (C=O) groups excluding carboxylic acids is 1. The SMILES string of the molecule is CC(=O)Nc1cccc(C(C)NCc2occc2C)c1. The quantitative estimate of drug-likeness (QED) is 0.877. The van der Waals surface area contributed by atoms with Crippen molar-refractivity contribution in [2.24, 2.45) is 0 Å². The van der Waals surface area contributed by atoms with Crippen molar-refractivity contribution in [2.45, 2.75) is 33.4 Å². The van der Waals surface area contributed by atoms with Crippen LogP contribution in [0.1, 0.15) is 36.8 Å². The zero-order valence-corrected chi connectivity index (χ0v) is 12.1. The van der Waals surface area contributed by atoms with Crippen LogP contribution in [0.25, 0.3) is 0 Å². The fourth-order valence-electron chi connectivity index (χ4n) is 2.04. The number of benzene rings is 1. The first kappa shape index (κ1) is 14.3. The summed E-state index contributed by atoms with van der Waals surface area (Å²) in [5.74, 6) is 0.892. The molecule has 4 heteroatoms. The molecule has 106 valence electrons. The van der Waals surface area contributed by atoms with Crippen LogP contribution in [0.5, 0.6) is 0 Å². The number of amides is 1. The number of rotatable bonds is 5. The third kappa shape index (κ3) is 3.71. The van der Waals surface area contributed by atoms with Crippen molar-refractivity contribution in [3.8, 4) is 0 Å². The molecule has 2 rings (SSSR count). The Morgan fingerprint density at radius 2 is 2.15 bits per heavy atom. The summed E-state index contributed by atoms with van der Waals surface area (Å²) in [4.78, 5) is 11.1. The molecule has 0 spiro atoms. The number of aryl methyl sites for hydroxylation is 1. The second kappa shape index (κ2) is 6.39. The van der Waals surface area contributed by atoms with Crippen molar-refractivity contribution in [3.63, 3.8) is 0 Å². The highest BCUT2D eigenvalue weighted by Gasteiger charge is 2.08. The van der Waals surface area contributed by atoms with Crippen LogP contribution in [-0.4, -0.2) is 5.91 Å². The molecular formula is C16H20N2O2. The Labute approximate surface area is 119 Å². The molecule has 1 aromatic carbocycles. The van der Waals surface area contributed by atoms with E-state index in [-0.39, 0.29) is 11.9 Å². The first-order chi connectivity index (χ1) is 9.56. The lowest BCUT2D eigenvalue weighted by atomic mass is 10.1. The van der Waals surface area contributed by atoms with E-state index in [1.165, 1.54) is 6.92 Å². The van der Waals surface area contributed by atoms with Crippen LogP contribution in [0.15, 0.2) is 41.0 Å². The molecule has 0 radical (unpaired) electrons. The van der Waals surface area contributed by atoms with Gasteiger partial charge in [-0.25, -0.2) is 0 Å². The van der Waals surface area contributed by atoms with Gasteiger partial charge in [-0.3, -0.25) is 4.79 Å². The van der Waals surface area contributed by atoms with Crippen LogP contribution in [0.4, 0.5) is 5.69 Å². The van der Waals surface area contributed by atoms with E-state index in [0.29, 0.717) is 6.54 Å². The van der Waals surface area contributed by atoms with E-state index >= 15 is 0 Å². The Kier molecular flexibility index (Phi) is 4.58. The molecular weight excluding hydrogens is 252 g/mol. The Hall–Kier alpha value is -2.07. The molecule has 1 amide bonds. The van der Waals surface area contributed by atoms with Crippen molar-refractivity contribution in [2.75, 3.05) is 5.32 Å². The molecule has 0 bridgehead atoms. The van der Waals surface area contributed by atoms with Gasteiger partial charge in [-0.15, -0.1) is 0 Å². The number of hydrogen-bond acceptors (Lipinski definition) is 3. The normalized spacial score (nSPS) is 12.2. The van der Waals surface area contributed by atoms with Crippen molar-refractivity contribution in [3.05, 3.63) is 53.5 Å². The van der Waals surface area contributed by atoms with E-state index in [0.717, 1.165) is 22.6 Å². The summed E-state index contributed by atoms with van der Waals surface area (Å²) >= 11 is 0. The average Bonchev–Trinajstić information content (AvgIpc) is 2.81. The van der Waals surface area contributed by atoms with Gasteiger partial charge >= 0.3 is 0 Å². The molecule has 2 aromatic rings. The standard InChI is InChI=1S/C16H20N2O2/c1-11-7-8-20-16(11)10-17-12(2)14-5-4-6-15(9-14)18-13(3)19/h4-9,12,17H,10H2,1-3H3,(H,18,19). The van der Waals surface area contributed by atoms with Crippen LogP contribution in [0, 0.1) is 6.92 Å². The largest absolute Gasteiger partial charge is 0.468 e. The van der Waals surface area contributed by atoms with Crippen molar-refractivity contribution in [1.29, 1.82) is 0 Å². The molecule has 0 fully saturated rings. The Balaban J connectivity index is 2.00. The van der Waals surface area contributed by atoms with Gasteiger partial charge in [0.25, 0.3) is 0 Å². The van der Waals surface area contributed by atoms with Gasteiger partial charge in [0, 0.05) is 18.7 Å². The zero-order valence-electron chi connectivity index (χ0n) is 12.1. The molecule has 0 saturated heterocycles. The summed E-state index contributed by atoms with van der Waals surface area (Å²) < 4.78 is 5.41. The zero-order chi connectivity index (χ0) is 14.5. The lowest BCUT2D eigenvalue weighted by Gasteiger charge is -2.15. The van der Waals surface area contributed by atoms with Gasteiger partial charge < -0.3 is 15.1 Å². The molecule has 1 heterocycles. The van der Waals surface area contributed by atoms with Gasteiger partial charge in [0.15, 0.2) is 0 Å². The topological polar surface area (TPSA) is 54.3 Å². The first-order valence-corrected chi connectivity index (χ1v) is 6.70. The molecule has 20 heavy (non-hydrogen) atoms. The molecule has 0 aliphatic carbocycles. The number of carbonyl (C=O) groups is 1. The minimum Gasteiger partial charge on any atom is -0.468 e. The minimum absolute atomic E-state index is 0.0611. The van der Waals surface area contributed by atoms with Crippen molar-refractivity contribution < 1.29 is 9.21 Å². The summed E-state index contributed by atoms with van der Waals surface area (Å²) in [6, 6.07) is 9.98. The maximum absolute atomic E-state index is 11.1. The Morgan fingerprint density at radius 1 is 1.35 bits per heavy atom. The van der Waals surface area contributed by atoms with E-state index in [2.05, 4.69) is 17.6 Å². The van der Waals surface area contributed by atoms with Crippen LogP contribution >= 0.6 is 0 Å². The molecule has 0 saturated carbocycles. The smallest absolute Gasteiger partial charge is 0.221 e. The second-order valence-electron chi connectivity index (χ2n) is 4.94. The lowest BCUT2D eigenvalue weighted by molar-refractivity contribution is -0.114. The third-order valence-electron chi connectivity index (χ3n) is 3.24. The maximum Gasteiger partial charge on any atom is 0.221 e. The summed E-state index contributed by atoms with van der Waals surface area (Å²) in [6.07, 6.45) is 1.70. The van der Waals surface area contributed by atoms with Gasteiger partial charge in [0.2, 0.25) is 5.91 Å². The van der Waals surface area contributed by atoms with Crippen LogP contribution < -0.4 is 10.6 Å². The fraction of sp³-hybridized carbons (Fsp3) is 0.312. The Bertz CT molecular complexity index is 590. The summed E-state index contributed by atoms with van der Waals surface area (Å²) in [7, 11) is 0. The van der Waals surface area contributed by atoms with E-state index < -0.39 is 0 Å². The number of anilines is 1. The van der Waals surface area contributed by atoms with E-state index in [1.54, 1.807) is 6.26 Å². The third-order valence-corrected chi connectivity index (χ3v) is 3.24. The van der Waals surface area contributed by atoms with Gasteiger partial charge in [-0.05, 0) is 43.2 Å². The van der Waals surface area contributed by atoms with Crippen LogP contribution in [0.2, 0.25) is 0 Å². The van der Waals surface area contributed by atoms with E-state index in [1.807, 2.05) is 37.3 Å². The number of hydrogen-bond donors (Lipinski definition) is 2. The van der Waals surface area contributed by atoms with Gasteiger partial charge in [0.1, 0.15) is 5.76 Å². The van der Waals surface area contributed by atoms with E-state index in [4.69, 9.17) is 4.42 Å².